The van der Waals surface area contributed by atoms with Gasteiger partial charge in [0.2, 0.25) is 0 Å². The third kappa shape index (κ3) is 9.46. The molecule has 0 saturated carbocycles. The largest absolute Gasteiger partial charge is 0.493 e. The molecule has 138 valence electrons. The molecule has 7 heteroatoms. The maximum absolute atomic E-state index is 5.89. The van der Waals surface area contributed by atoms with Crippen molar-refractivity contribution in [3.05, 3.63) is 23.8 Å². The Morgan fingerprint density at radius 3 is 2.58 bits per heavy atom. The molecule has 1 aromatic rings. The summed E-state index contributed by atoms with van der Waals surface area (Å²) in [6.45, 7) is 5.85. The molecule has 0 aliphatic rings. The molecule has 1 rings (SSSR count). The Morgan fingerprint density at radius 1 is 1.25 bits per heavy atom. The van der Waals surface area contributed by atoms with Gasteiger partial charge in [0.1, 0.15) is 0 Å². The Morgan fingerprint density at radius 2 is 1.96 bits per heavy atom. The molecule has 0 spiro atoms. The molecule has 3 N–H and O–H groups in total. The topological polar surface area (TPSA) is 68.9 Å². The maximum atomic E-state index is 5.89. The minimum atomic E-state index is 0. The van der Waals surface area contributed by atoms with Gasteiger partial charge in [-0.25, -0.2) is 4.99 Å². The van der Waals surface area contributed by atoms with Crippen LogP contribution in [0.5, 0.6) is 11.5 Å². The van der Waals surface area contributed by atoms with Crippen LogP contribution in [0.3, 0.4) is 0 Å². The van der Waals surface area contributed by atoms with Gasteiger partial charge in [0.05, 0.1) is 20.8 Å². The lowest BCUT2D eigenvalue weighted by Gasteiger charge is -2.09. The van der Waals surface area contributed by atoms with Crippen molar-refractivity contribution >= 4 is 41.7 Å². The molecule has 0 saturated heterocycles. The molecular formula is C17H30IN3O2S. The molecule has 0 amide bonds. The Hall–Kier alpha value is -0.830. The van der Waals surface area contributed by atoms with Crippen molar-refractivity contribution in [3.63, 3.8) is 0 Å². The average molecular weight is 467 g/mol. The van der Waals surface area contributed by atoms with E-state index in [9.17, 15) is 0 Å². The van der Waals surface area contributed by atoms with Gasteiger partial charge in [-0.15, -0.1) is 24.0 Å². The summed E-state index contributed by atoms with van der Waals surface area (Å²) in [4.78, 5) is 4.35. The predicted molar refractivity (Wildman–Crippen MR) is 115 cm³/mol. The number of halogens is 1. The van der Waals surface area contributed by atoms with E-state index in [1.54, 1.807) is 14.2 Å². The zero-order chi connectivity index (χ0) is 17.1. The minimum absolute atomic E-state index is 0. The Kier molecular flexibility index (Phi) is 13.0. The van der Waals surface area contributed by atoms with Crippen molar-refractivity contribution in [2.24, 2.45) is 16.6 Å². The summed E-state index contributed by atoms with van der Waals surface area (Å²) >= 11 is 1.98. The number of methoxy groups -OCH3 is 2. The zero-order valence-corrected chi connectivity index (χ0v) is 18.1. The summed E-state index contributed by atoms with van der Waals surface area (Å²) in [6.07, 6.45) is 1.09. The van der Waals surface area contributed by atoms with Crippen LogP contribution < -0.4 is 20.5 Å². The molecule has 24 heavy (non-hydrogen) atoms. The quantitative estimate of drug-likeness (QED) is 0.239. The van der Waals surface area contributed by atoms with Crippen molar-refractivity contribution in [2.45, 2.75) is 26.8 Å². The molecular weight excluding hydrogens is 437 g/mol. The van der Waals surface area contributed by atoms with Gasteiger partial charge in [-0.05, 0) is 41.5 Å². The van der Waals surface area contributed by atoms with E-state index in [-0.39, 0.29) is 24.0 Å². The normalized spacial score (nSPS) is 11.1. The third-order valence-electron chi connectivity index (χ3n) is 3.10. The van der Waals surface area contributed by atoms with Crippen molar-refractivity contribution in [1.29, 1.82) is 0 Å². The van der Waals surface area contributed by atoms with Crippen LogP contribution in [0.4, 0.5) is 0 Å². The molecule has 0 fully saturated rings. The van der Waals surface area contributed by atoms with Crippen molar-refractivity contribution in [1.82, 2.24) is 5.32 Å². The molecule has 0 heterocycles. The summed E-state index contributed by atoms with van der Waals surface area (Å²) in [6, 6.07) is 5.75. The van der Waals surface area contributed by atoms with E-state index in [1.807, 2.05) is 30.0 Å². The number of benzene rings is 1. The zero-order valence-electron chi connectivity index (χ0n) is 15.0. The number of nitrogens with one attached hydrogen (secondary N) is 1. The van der Waals surface area contributed by atoms with Crippen molar-refractivity contribution < 1.29 is 9.47 Å². The predicted octanol–water partition coefficient (Wildman–Crippen LogP) is 3.51. The van der Waals surface area contributed by atoms with Crippen LogP contribution in [0.15, 0.2) is 23.2 Å². The molecule has 0 aliphatic heterocycles. The maximum Gasteiger partial charge on any atom is 0.188 e. The highest BCUT2D eigenvalue weighted by molar-refractivity contribution is 14.0. The summed E-state index contributed by atoms with van der Waals surface area (Å²) in [5.41, 5.74) is 6.91. The first-order valence-electron chi connectivity index (χ1n) is 7.89. The van der Waals surface area contributed by atoms with E-state index in [0.717, 1.165) is 30.2 Å². The van der Waals surface area contributed by atoms with Crippen LogP contribution in [-0.2, 0) is 6.54 Å². The van der Waals surface area contributed by atoms with E-state index in [1.165, 1.54) is 5.75 Å². The number of hydrogen-bond donors (Lipinski definition) is 2. The molecule has 0 atom stereocenters. The van der Waals surface area contributed by atoms with E-state index in [0.29, 0.717) is 24.0 Å². The smallest absolute Gasteiger partial charge is 0.188 e. The van der Waals surface area contributed by atoms with Gasteiger partial charge in [0, 0.05) is 6.54 Å². The first kappa shape index (κ1) is 23.2. The molecule has 0 bridgehead atoms. The molecule has 1 aromatic carbocycles. The van der Waals surface area contributed by atoms with E-state index >= 15 is 0 Å². The van der Waals surface area contributed by atoms with E-state index < -0.39 is 0 Å². The second kappa shape index (κ2) is 13.5. The van der Waals surface area contributed by atoms with Gasteiger partial charge in [0.25, 0.3) is 0 Å². The van der Waals surface area contributed by atoms with Gasteiger partial charge in [-0.1, -0.05) is 19.9 Å². The minimum Gasteiger partial charge on any atom is -0.493 e. The monoisotopic (exact) mass is 467 g/mol. The van der Waals surface area contributed by atoms with E-state index in [4.69, 9.17) is 15.2 Å². The highest BCUT2D eigenvalue weighted by Crippen LogP contribution is 2.27. The van der Waals surface area contributed by atoms with Gasteiger partial charge < -0.3 is 20.5 Å². The fourth-order valence-corrected chi connectivity index (χ4v) is 2.91. The molecule has 0 aliphatic carbocycles. The molecule has 0 radical (unpaired) electrons. The Balaban J connectivity index is 0.00000529. The second-order valence-corrected chi connectivity index (χ2v) is 6.79. The summed E-state index contributed by atoms with van der Waals surface area (Å²) in [5.74, 6) is 5.01. The number of thioether (sulfide) groups is 1. The van der Waals surface area contributed by atoms with Crippen LogP contribution in [0.25, 0.3) is 0 Å². The standard InChI is InChI=1S/C17H29N3O2S.HI/c1-13(2)12-23-9-5-8-19-17(18)20-11-14-6-7-15(21-3)16(10-14)22-4;/h6-7,10,13H,5,8-9,11-12H2,1-4H3,(H3,18,19,20);1H. The summed E-state index contributed by atoms with van der Waals surface area (Å²) in [5, 5.41) is 3.15. The SMILES string of the molecule is COc1ccc(CN=C(N)NCCCSCC(C)C)cc1OC.I. The lowest BCUT2D eigenvalue weighted by atomic mass is 10.2. The summed E-state index contributed by atoms with van der Waals surface area (Å²) in [7, 11) is 3.25. The lowest BCUT2D eigenvalue weighted by Crippen LogP contribution is -2.32. The highest BCUT2D eigenvalue weighted by atomic mass is 127. The Bertz CT molecular complexity index is 499. The van der Waals surface area contributed by atoms with Crippen LogP contribution >= 0.6 is 35.7 Å². The number of nitrogens with zero attached hydrogens (tertiary/aromatic N) is 1. The number of guanidine groups is 1. The van der Waals surface area contributed by atoms with Crippen LogP contribution in [0.1, 0.15) is 25.8 Å². The number of nitrogens with two attached hydrogens (primary N) is 1. The van der Waals surface area contributed by atoms with Gasteiger partial charge in [-0.3, -0.25) is 0 Å². The molecule has 0 unspecified atom stereocenters. The molecule has 5 nitrogen and oxygen atoms in total. The van der Waals surface area contributed by atoms with Crippen LogP contribution in [0.2, 0.25) is 0 Å². The second-order valence-electron chi connectivity index (χ2n) is 5.64. The van der Waals surface area contributed by atoms with Gasteiger partial charge in [0.15, 0.2) is 17.5 Å². The van der Waals surface area contributed by atoms with Gasteiger partial charge in [-0.2, -0.15) is 11.8 Å². The first-order valence-corrected chi connectivity index (χ1v) is 9.04. The lowest BCUT2D eigenvalue weighted by molar-refractivity contribution is 0.354. The van der Waals surface area contributed by atoms with Gasteiger partial charge >= 0.3 is 0 Å². The van der Waals surface area contributed by atoms with Crippen molar-refractivity contribution in [2.75, 3.05) is 32.3 Å². The average Bonchev–Trinajstić information content (AvgIpc) is 2.55. The number of hydrogen-bond acceptors (Lipinski definition) is 4. The Labute approximate surface area is 167 Å². The fourth-order valence-electron chi connectivity index (χ4n) is 1.92. The highest BCUT2D eigenvalue weighted by Gasteiger charge is 2.04. The van der Waals surface area contributed by atoms with Crippen LogP contribution in [-0.4, -0.2) is 38.2 Å². The first-order chi connectivity index (χ1) is 11.1. The summed E-state index contributed by atoms with van der Waals surface area (Å²) < 4.78 is 10.5. The number of ether oxygens (including phenoxy) is 2. The van der Waals surface area contributed by atoms with E-state index in [2.05, 4.69) is 24.2 Å². The third-order valence-corrected chi connectivity index (χ3v) is 4.58. The van der Waals surface area contributed by atoms with Crippen molar-refractivity contribution in [3.8, 4) is 11.5 Å². The molecule has 0 aromatic heterocycles. The fraction of sp³-hybridized carbons (Fsp3) is 0.588. The van der Waals surface area contributed by atoms with Crippen LogP contribution in [0, 0.1) is 5.92 Å². The number of rotatable bonds is 10. The number of aliphatic imine (C=N–C) groups is 1.